The highest BCUT2D eigenvalue weighted by molar-refractivity contribution is 5.85. The number of fused-ring (bicyclic) bond motifs is 1. The average molecular weight is 444 g/mol. The van der Waals surface area contributed by atoms with Gasteiger partial charge in [-0.15, -0.1) is 12.4 Å². The van der Waals surface area contributed by atoms with Crippen molar-refractivity contribution in [2.75, 3.05) is 13.1 Å². The van der Waals surface area contributed by atoms with E-state index in [1.54, 1.807) is 17.0 Å². The molecule has 1 aliphatic carbocycles. The first-order valence-corrected chi connectivity index (χ1v) is 10.1. The normalized spacial score (nSPS) is 21.7. The lowest BCUT2D eigenvalue weighted by Gasteiger charge is -2.50. The minimum Gasteiger partial charge on any atom is -0.489 e. The Morgan fingerprint density at radius 1 is 0.967 bits per heavy atom. The van der Waals surface area contributed by atoms with Crippen molar-refractivity contribution in [2.24, 2.45) is 0 Å². The van der Waals surface area contributed by atoms with Crippen molar-refractivity contribution in [2.45, 2.75) is 56.8 Å². The second-order valence-electron chi connectivity index (χ2n) is 8.24. The molecule has 0 bridgehead atoms. The second kappa shape index (κ2) is 9.15. The van der Waals surface area contributed by atoms with E-state index in [0.717, 1.165) is 54.5 Å². The van der Waals surface area contributed by atoms with Gasteiger partial charge in [-0.3, -0.25) is 4.90 Å². The number of piperidine rings is 1. The summed E-state index contributed by atoms with van der Waals surface area (Å²) in [6, 6.07) is 12.1. The maximum atomic E-state index is 13.1. The summed E-state index contributed by atoms with van der Waals surface area (Å²) in [6.45, 7) is 0.0528. The van der Waals surface area contributed by atoms with Crippen LogP contribution < -0.4 is 4.74 Å². The fourth-order valence-electron chi connectivity index (χ4n) is 4.75. The first-order valence-electron chi connectivity index (χ1n) is 10.1. The average Bonchev–Trinajstić information content (AvgIpc) is 2.68. The third-order valence-electron chi connectivity index (χ3n) is 6.24. The Balaban J connectivity index is 0.00000256. The Hall–Kier alpha value is -1.79. The van der Waals surface area contributed by atoms with Gasteiger partial charge in [0.1, 0.15) is 18.2 Å². The molecule has 1 heterocycles. The van der Waals surface area contributed by atoms with E-state index in [1.165, 1.54) is 12.1 Å². The molecule has 1 atom stereocenters. The zero-order valence-electron chi connectivity index (χ0n) is 16.7. The molecule has 7 heteroatoms. The molecular weight excluding hydrogens is 418 g/mol. The quantitative estimate of drug-likeness (QED) is 0.529. The van der Waals surface area contributed by atoms with Crippen LogP contribution in [0.4, 0.5) is 17.6 Å². The van der Waals surface area contributed by atoms with E-state index in [1.807, 2.05) is 18.2 Å². The standard InChI is InChI=1S/C23H25F4NO.ClH/c24-20-6-3-17(4-7-20)15-29-21-8-5-19-14-22(11-9-18(19)13-21)10-1-2-12-28(22)16-23(25,26)27;/h3-8,13H,1-2,9-12,14-16H2;1H. The summed E-state index contributed by atoms with van der Waals surface area (Å²) in [5, 5.41) is 0. The highest BCUT2D eigenvalue weighted by Crippen LogP contribution is 2.41. The van der Waals surface area contributed by atoms with Gasteiger partial charge in [0.05, 0.1) is 6.54 Å². The molecule has 2 nitrogen and oxygen atoms in total. The van der Waals surface area contributed by atoms with E-state index in [0.29, 0.717) is 19.6 Å². The topological polar surface area (TPSA) is 12.5 Å². The number of hydrogen-bond acceptors (Lipinski definition) is 2. The van der Waals surface area contributed by atoms with Crippen LogP contribution in [0.15, 0.2) is 42.5 Å². The number of hydrogen-bond donors (Lipinski definition) is 0. The lowest BCUT2D eigenvalue weighted by molar-refractivity contribution is -0.165. The molecule has 0 radical (unpaired) electrons. The maximum absolute atomic E-state index is 13.1. The van der Waals surface area contributed by atoms with Crippen LogP contribution in [0.2, 0.25) is 0 Å². The van der Waals surface area contributed by atoms with Gasteiger partial charge in [0.2, 0.25) is 0 Å². The molecule has 1 unspecified atom stereocenters. The summed E-state index contributed by atoms with van der Waals surface area (Å²) in [7, 11) is 0. The van der Waals surface area contributed by atoms with Gasteiger partial charge in [0.25, 0.3) is 0 Å². The van der Waals surface area contributed by atoms with Gasteiger partial charge in [-0.2, -0.15) is 13.2 Å². The molecule has 1 fully saturated rings. The summed E-state index contributed by atoms with van der Waals surface area (Å²) in [5.74, 6) is 0.457. The highest BCUT2D eigenvalue weighted by atomic mass is 35.5. The van der Waals surface area contributed by atoms with E-state index in [9.17, 15) is 17.6 Å². The molecule has 30 heavy (non-hydrogen) atoms. The van der Waals surface area contributed by atoms with Crippen molar-refractivity contribution < 1.29 is 22.3 Å². The molecule has 1 aliphatic heterocycles. The van der Waals surface area contributed by atoms with Crippen LogP contribution in [0.1, 0.15) is 42.4 Å². The minimum atomic E-state index is -4.16. The van der Waals surface area contributed by atoms with Crippen LogP contribution >= 0.6 is 12.4 Å². The fraction of sp³-hybridized carbons (Fsp3) is 0.478. The van der Waals surface area contributed by atoms with E-state index in [-0.39, 0.29) is 23.8 Å². The van der Waals surface area contributed by atoms with Crippen LogP contribution in [0.5, 0.6) is 5.75 Å². The molecule has 1 saturated heterocycles. The van der Waals surface area contributed by atoms with Gasteiger partial charge in [-0.25, -0.2) is 4.39 Å². The van der Waals surface area contributed by atoms with Gasteiger partial charge in [-0.05, 0) is 79.6 Å². The molecule has 0 amide bonds. The Labute approximate surface area is 180 Å². The Morgan fingerprint density at radius 3 is 2.47 bits per heavy atom. The summed E-state index contributed by atoms with van der Waals surface area (Å²) < 4.78 is 58.1. The lowest BCUT2D eigenvalue weighted by atomic mass is 9.72. The van der Waals surface area contributed by atoms with Crippen molar-refractivity contribution >= 4 is 12.4 Å². The Bertz CT molecular complexity index is 855. The molecule has 2 aliphatic rings. The molecule has 0 saturated carbocycles. The van der Waals surface area contributed by atoms with E-state index in [2.05, 4.69) is 0 Å². The largest absolute Gasteiger partial charge is 0.489 e. The second-order valence-corrected chi connectivity index (χ2v) is 8.24. The van der Waals surface area contributed by atoms with Gasteiger partial charge in [0, 0.05) is 5.54 Å². The number of benzene rings is 2. The Morgan fingerprint density at radius 2 is 1.73 bits per heavy atom. The smallest absolute Gasteiger partial charge is 0.401 e. The number of halogens is 5. The molecular formula is C23H26ClF4NO. The van der Waals surface area contributed by atoms with Crippen LogP contribution in [0, 0.1) is 5.82 Å². The van der Waals surface area contributed by atoms with Gasteiger partial charge in [0.15, 0.2) is 0 Å². The van der Waals surface area contributed by atoms with E-state index in [4.69, 9.17) is 4.74 Å². The van der Waals surface area contributed by atoms with Crippen LogP contribution in [0.3, 0.4) is 0 Å². The molecule has 2 aromatic carbocycles. The fourth-order valence-corrected chi connectivity index (χ4v) is 4.75. The highest BCUT2D eigenvalue weighted by Gasteiger charge is 2.45. The predicted molar refractivity (Wildman–Crippen MR) is 111 cm³/mol. The summed E-state index contributed by atoms with van der Waals surface area (Å²) in [5.41, 5.74) is 2.79. The van der Waals surface area contributed by atoms with Gasteiger partial charge in [-0.1, -0.05) is 24.6 Å². The molecule has 2 aromatic rings. The number of ether oxygens (including phenoxy) is 1. The minimum absolute atomic E-state index is 0. The molecule has 1 spiro atoms. The Kier molecular flexibility index (Phi) is 6.98. The maximum Gasteiger partial charge on any atom is 0.401 e. The van der Waals surface area contributed by atoms with E-state index >= 15 is 0 Å². The van der Waals surface area contributed by atoms with Crippen molar-refractivity contribution in [1.29, 1.82) is 0 Å². The summed E-state index contributed by atoms with van der Waals surface area (Å²) >= 11 is 0. The van der Waals surface area contributed by atoms with Crippen LogP contribution in [0.25, 0.3) is 0 Å². The number of aryl methyl sites for hydroxylation is 1. The van der Waals surface area contributed by atoms with E-state index < -0.39 is 12.7 Å². The first kappa shape index (κ1) is 22.9. The van der Waals surface area contributed by atoms with Crippen LogP contribution in [-0.2, 0) is 19.4 Å². The molecule has 164 valence electrons. The summed E-state index contributed by atoms with van der Waals surface area (Å²) in [6.07, 6.45) is 0.656. The monoisotopic (exact) mass is 443 g/mol. The number of alkyl halides is 3. The zero-order chi connectivity index (χ0) is 20.5. The third-order valence-corrected chi connectivity index (χ3v) is 6.24. The first-order chi connectivity index (χ1) is 13.8. The van der Waals surface area contributed by atoms with Crippen molar-refractivity contribution in [3.63, 3.8) is 0 Å². The lowest BCUT2D eigenvalue weighted by Crippen LogP contribution is -2.57. The van der Waals surface area contributed by atoms with Crippen molar-refractivity contribution in [3.05, 3.63) is 65.0 Å². The summed E-state index contributed by atoms with van der Waals surface area (Å²) in [4.78, 5) is 1.68. The van der Waals surface area contributed by atoms with Crippen molar-refractivity contribution in [3.8, 4) is 5.75 Å². The molecule has 4 rings (SSSR count). The number of nitrogens with zero attached hydrogens (tertiary/aromatic N) is 1. The SMILES string of the molecule is Cl.Fc1ccc(COc2ccc3c(c2)CCC2(CCCCN2CC(F)(F)F)C3)cc1. The zero-order valence-corrected chi connectivity index (χ0v) is 17.5. The predicted octanol–water partition coefficient (Wildman–Crippen LogP) is 6.10. The van der Waals surface area contributed by atoms with Gasteiger partial charge < -0.3 is 4.74 Å². The molecule has 0 aromatic heterocycles. The van der Waals surface area contributed by atoms with Crippen LogP contribution in [-0.4, -0.2) is 29.7 Å². The third kappa shape index (κ3) is 5.27. The van der Waals surface area contributed by atoms with Gasteiger partial charge >= 0.3 is 6.18 Å². The van der Waals surface area contributed by atoms with Crippen molar-refractivity contribution in [1.82, 2.24) is 4.90 Å². The molecule has 0 N–H and O–H groups in total. The number of likely N-dealkylation sites (tertiary alicyclic amines) is 1. The number of rotatable bonds is 4.